The number of likely N-dealkylation sites (N-methyl/N-ethyl adjacent to an activating group) is 1. The molecule has 37 heavy (non-hydrogen) atoms. The van der Waals surface area contributed by atoms with E-state index in [1.54, 1.807) is 11.8 Å². The van der Waals surface area contributed by atoms with Crippen molar-refractivity contribution in [2.24, 2.45) is 0 Å². The zero-order valence-electron chi connectivity index (χ0n) is 21.3. The van der Waals surface area contributed by atoms with Gasteiger partial charge in [0.1, 0.15) is 5.82 Å². The van der Waals surface area contributed by atoms with E-state index in [-0.39, 0.29) is 5.91 Å². The molecule has 5 rings (SSSR count). The largest absolute Gasteiger partial charge is 0.336 e. The van der Waals surface area contributed by atoms with E-state index in [1.807, 2.05) is 35.2 Å². The Morgan fingerprint density at radius 2 is 1.46 bits per heavy atom. The van der Waals surface area contributed by atoms with Gasteiger partial charge in [0.25, 0.3) is 5.91 Å². The van der Waals surface area contributed by atoms with Crippen molar-refractivity contribution in [3.05, 3.63) is 113 Å². The maximum atomic E-state index is 13.4. The molecule has 1 aromatic heterocycles. The zero-order valence-corrected chi connectivity index (χ0v) is 22.1. The second-order valence-corrected chi connectivity index (χ2v) is 10.2. The molecule has 0 saturated carbocycles. The molecule has 0 bridgehead atoms. The molecule has 6 nitrogen and oxygen atoms in total. The van der Waals surface area contributed by atoms with Crippen LogP contribution >= 0.6 is 11.8 Å². The summed E-state index contributed by atoms with van der Waals surface area (Å²) in [5.74, 6) is 1.73. The summed E-state index contributed by atoms with van der Waals surface area (Å²) in [4.78, 5) is 17.8. The Labute approximate surface area is 223 Å². The van der Waals surface area contributed by atoms with Crippen molar-refractivity contribution in [1.82, 2.24) is 24.6 Å². The number of piperazine rings is 1. The van der Waals surface area contributed by atoms with Gasteiger partial charge < -0.3 is 14.4 Å². The van der Waals surface area contributed by atoms with Gasteiger partial charge in [-0.2, -0.15) is 0 Å². The smallest absolute Gasteiger partial charge is 0.254 e. The highest BCUT2D eigenvalue weighted by Crippen LogP contribution is 2.26. The summed E-state index contributed by atoms with van der Waals surface area (Å²) in [6.45, 7) is 7.35. The van der Waals surface area contributed by atoms with E-state index in [0.717, 1.165) is 61.3 Å². The highest BCUT2D eigenvalue weighted by atomic mass is 32.2. The number of hydrogen-bond acceptors (Lipinski definition) is 5. The Morgan fingerprint density at radius 3 is 2.16 bits per heavy atom. The summed E-state index contributed by atoms with van der Waals surface area (Å²) in [6.07, 6.45) is 0.722. The first-order chi connectivity index (χ1) is 18.2. The summed E-state index contributed by atoms with van der Waals surface area (Å²) < 4.78 is 2.21. The van der Waals surface area contributed by atoms with Crippen molar-refractivity contribution in [3.8, 4) is 0 Å². The molecule has 1 saturated heterocycles. The Balaban J connectivity index is 1.35. The first-order valence-electron chi connectivity index (χ1n) is 12.9. The van der Waals surface area contributed by atoms with E-state index < -0.39 is 0 Å². The van der Waals surface area contributed by atoms with Gasteiger partial charge >= 0.3 is 0 Å². The van der Waals surface area contributed by atoms with Crippen molar-refractivity contribution in [3.63, 3.8) is 0 Å². The van der Waals surface area contributed by atoms with Crippen LogP contribution in [0, 0.1) is 0 Å². The Bertz CT molecular complexity index is 1300. The minimum atomic E-state index is 0.127. The number of thioether (sulfide) groups is 1. The van der Waals surface area contributed by atoms with Gasteiger partial charge in [-0.1, -0.05) is 97.5 Å². The molecular formula is C30H33N5OS. The van der Waals surface area contributed by atoms with Crippen LogP contribution in [0.15, 0.2) is 90.1 Å². The van der Waals surface area contributed by atoms with Crippen LogP contribution in [-0.2, 0) is 18.7 Å². The predicted octanol–water partition coefficient (Wildman–Crippen LogP) is 4.99. The monoisotopic (exact) mass is 511 g/mol. The average Bonchev–Trinajstić information content (AvgIpc) is 3.33. The molecule has 7 heteroatoms. The van der Waals surface area contributed by atoms with Crippen LogP contribution in [0.2, 0.25) is 0 Å². The third-order valence-corrected chi connectivity index (χ3v) is 7.91. The first-order valence-corrected chi connectivity index (χ1v) is 13.9. The molecule has 4 aromatic rings. The number of aromatic nitrogens is 3. The molecule has 190 valence electrons. The third-order valence-electron chi connectivity index (χ3n) is 6.89. The van der Waals surface area contributed by atoms with Crippen molar-refractivity contribution < 1.29 is 4.79 Å². The lowest BCUT2D eigenvalue weighted by atomic mass is 10.1. The first kappa shape index (κ1) is 25.2. The fraction of sp³-hybridized carbons (Fsp3) is 0.300. The summed E-state index contributed by atoms with van der Waals surface area (Å²) in [7, 11) is 0. The number of carbonyl (C=O) groups is 1. The van der Waals surface area contributed by atoms with Gasteiger partial charge in [-0.25, -0.2) is 0 Å². The van der Waals surface area contributed by atoms with E-state index in [1.165, 1.54) is 11.1 Å². The fourth-order valence-electron chi connectivity index (χ4n) is 4.69. The van der Waals surface area contributed by atoms with E-state index >= 15 is 0 Å². The van der Waals surface area contributed by atoms with Crippen LogP contribution in [0.4, 0.5) is 0 Å². The summed E-state index contributed by atoms with van der Waals surface area (Å²) in [5.41, 5.74) is 4.24. The highest BCUT2D eigenvalue weighted by Gasteiger charge is 2.23. The second kappa shape index (κ2) is 12.2. The van der Waals surface area contributed by atoms with Crippen LogP contribution < -0.4 is 0 Å². The average molecular weight is 512 g/mol. The lowest BCUT2D eigenvalue weighted by Gasteiger charge is -2.34. The molecule has 0 atom stereocenters. The number of rotatable bonds is 9. The molecule has 0 N–H and O–H groups in total. The summed E-state index contributed by atoms with van der Waals surface area (Å²) in [6, 6.07) is 28.8. The Kier molecular flexibility index (Phi) is 8.33. The standard InChI is InChI=1S/C30H33N5OS/c1-2-33-17-19-34(20-18-33)29(36)27-16-10-9-15-26(27)23-37-30-32-31-28(21-24-11-5-3-6-12-24)35(30)22-25-13-7-4-8-14-25/h3-16H,2,17-23H2,1H3. The van der Waals surface area contributed by atoms with Crippen LogP contribution in [0.5, 0.6) is 0 Å². The van der Waals surface area contributed by atoms with Crippen LogP contribution in [0.1, 0.15) is 39.8 Å². The molecule has 3 aromatic carbocycles. The maximum absolute atomic E-state index is 13.4. The molecule has 1 fully saturated rings. The third kappa shape index (κ3) is 6.29. The molecule has 0 spiro atoms. The SMILES string of the molecule is CCN1CCN(C(=O)c2ccccc2CSc2nnc(Cc3ccccc3)n2Cc2ccccc2)CC1. The van der Waals surface area contributed by atoms with E-state index in [2.05, 4.69) is 81.2 Å². The Hall–Kier alpha value is -3.42. The number of amides is 1. The zero-order chi connectivity index (χ0) is 25.5. The molecule has 2 heterocycles. The van der Waals surface area contributed by atoms with Gasteiger partial charge in [-0.15, -0.1) is 10.2 Å². The van der Waals surface area contributed by atoms with Crippen molar-refractivity contribution in [2.75, 3.05) is 32.7 Å². The topological polar surface area (TPSA) is 54.3 Å². The predicted molar refractivity (Wildman–Crippen MR) is 149 cm³/mol. The van der Waals surface area contributed by atoms with Crippen LogP contribution in [0.3, 0.4) is 0 Å². The minimum Gasteiger partial charge on any atom is -0.336 e. The highest BCUT2D eigenvalue weighted by molar-refractivity contribution is 7.98. The lowest BCUT2D eigenvalue weighted by Crippen LogP contribution is -2.48. The van der Waals surface area contributed by atoms with Gasteiger partial charge in [-0.05, 0) is 29.3 Å². The van der Waals surface area contributed by atoms with Crippen LogP contribution in [-0.4, -0.2) is 63.2 Å². The number of carbonyl (C=O) groups excluding carboxylic acids is 1. The van der Waals surface area contributed by atoms with Crippen molar-refractivity contribution >= 4 is 17.7 Å². The molecule has 1 aliphatic rings. The molecule has 1 aliphatic heterocycles. The molecule has 0 radical (unpaired) electrons. The van der Waals surface area contributed by atoms with Crippen molar-refractivity contribution in [1.29, 1.82) is 0 Å². The summed E-state index contributed by atoms with van der Waals surface area (Å²) >= 11 is 1.64. The minimum absolute atomic E-state index is 0.127. The Morgan fingerprint density at radius 1 is 0.811 bits per heavy atom. The lowest BCUT2D eigenvalue weighted by molar-refractivity contribution is 0.0642. The van der Waals surface area contributed by atoms with Crippen molar-refractivity contribution in [2.45, 2.75) is 30.8 Å². The maximum Gasteiger partial charge on any atom is 0.254 e. The van der Waals surface area contributed by atoms with Gasteiger partial charge in [0.05, 0.1) is 6.54 Å². The van der Waals surface area contributed by atoms with E-state index in [0.29, 0.717) is 12.3 Å². The number of nitrogens with zero attached hydrogens (tertiary/aromatic N) is 5. The van der Waals surface area contributed by atoms with E-state index in [9.17, 15) is 4.79 Å². The normalized spacial score (nSPS) is 14.1. The summed E-state index contributed by atoms with van der Waals surface area (Å²) in [5, 5.41) is 10.0. The quantitative estimate of drug-likeness (QED) is 0.297. The molecule has 0 aliphatic carbocycles. The molecule has 1 amide bonds. The van der Waals surface area contributed by atoms with Crippen LogP contribution in [0.25, 0.3) is 0 Å². The van der Waals surface area contributed by atoms with Gasteiger partial charge in [0, 0.05) is 43.9 Å². The van der Waals surface area contributed by atoms with Gasteiger partial charge in [-0.3, -0.25) is 4.79 Å². The number of benzene rings is 3. The van der Waals surface area contributed by atoms with Gasteiger partial charge in [0.15, 0.2) is 5.16 Å². The fourth-order valence-corrected chi connectivity index (χ4v) is 5.66. The molecular weight excluding hydrogens is 478 g/mol. The molecule has 0 unspecified atom stereocenters. The number of hydrogen-bond donors (Lipinski definition) is 0. The van der Waals surface area contributed by atoms with E-state index in [4.69, 9.17) is 0 Å². The second-order valence-electron chi connectivity index (χ2n) is 9.31. The van der Waals surface area contributed by atoms with Gasteiger partial charge in [0.2, 0.25) is 0 Å².